The largest absolute Gasteiger partial charge is 0.464 e. The van der Waals surface area contributed by atoms with Crippen LogP contribution >= 0.6 is 0 Å². The van der Waals surface area contributed by atoms with E-state index in [1.165, 1.54) is 12.1 Å². The van der Waals surface area contributed by atoms with Crippen LogP contribution in [0.5, 0.6) is 6.01 Å². The first-order valence-electron chi connectivity index (χ1n) is 12.8. The number of aromatic nitrogens is 2. The van der Waals surface area contributed by atoms with Crippen LogP contribution in [-0.2, 0) is 16.4 Å². The molecular weight excluding hydrogens is 516 g/mol. The smallest absolute Gasteiger partial charge is 0.297 e. The summed E-state index contributed by atoms with van der Waals surface area (Å²) in [6.07, 6.45) is 0.570. The Morgan fingerprint density at radius 1 is 1.18 bits per heavy atom. The van der Waals surface area contributed by atoms with Crippen molar-refractivity contribution >= 4 is 26.8 Å². The van der Waals surface area contributed by atoms with E-state index in [-0.39, 0.29) is 36.0 Å². The van der Waals surface area contributed by atoms with Crippen LogP contribution in [0.15, 0.2) is 47.4 Å². The number of rotatable bonds is 10. The van der Waals surface area contributed by atoms with Crippen LogP contribution in [-0.4, -0.2) is 53.9 Å². The van der Waals surface area contributed by atoms with Gasteiger partial charge in [0.2, 0.25) is 5.92 Å². The van der Waals surface area contributed by atoms with Gasteiger partial charge in [-0.2, -0.15) is 4.98 Å². The molecule has 4 rings (SSSR count). The number of nitrogens with one attached hydrogen (secondary N) is 1. The third kappa shape index (κ3) is 6.15. The summed E-state index contributed by atoms with van der Waals surface area (Å²) in [6, 6.07) is 10.8. The Hall–Kier alpha value is -3.05. The zero-order chi connectivity index (χ0) is 27.5. The lowest BCUT2D eigenvalue weighted by Crippen LogP contribution is -2.30. The SMILES string of the molecule is CCn1c(OCC2CCC(F)(F)CC2)nc2cc(C(=O)N[C@@H](CO)c3ccc(S(=O)(=O)CC)cc3)ccc21. The molecule has 2 N–H and O–H groups in total. The maximum Gasteiger partial charge on any atom is 0.297 e. The maximum absolute atomic E-state index is 13.4. The second-order valence-electron chi connectivity index (χ2n) is 9.63. The Bertz CT molecular complexity index is 1380. The fraction of sp³-hybridized carbons (Fsp3) is 0.481. The molecule has 1 saturated carbocycles. The summed E-state index contributed by atoms with van der Waals surface area (Å²) in [7, 11) is -3.35. The zero-order valence-electron chi connectivity index (χ0n) is 21.5. The molecule has 1 aromatic heterocycles. The van der Waals surface area contributed by atoms with Crippen LogP contribution in [0.1, 0.15) is 61.5 Å². The Kier molecular flexibility index (Phi) is 8.37. The minimum absolute atomic E-state index is 0.0188. The molecular formula is C27H33F2N3O5S. The summed E-state index contributed by atoms with van der Waals surface area (Å²) in [5.41, 5.74) is 2.24. The molecule has 1 amide bonds. The highest BCUT2D eigenvalue weighted by Crippen LogP contribution is 2.36. The number of sulfone groups is 1. The highest BCUT2D eigenvalue weighted by atomic mass is 32.2. The third-order valence-electron chi connectivity index (χ3n) is 7.09. The normalized spacial score (nSPS) is 16.9. The fourth-order valence-electron chi connectivity index (χ4n) is 4.67. The van der Waals surface area contributed by atoms with Crippen LogP contribution < -0.4 is 10.1 Å². The molecule has 38 heavy (non-hydrogen) atoms. The van der Waals surface area contributed by atoms with Gasteiger partial charge < -0.3 is 15.2 Å². The number of carbonyl (C=O) groups is 1. The van der Waals surface area contributed by atoms with Crippen molar-refractivity contribution in [2.24, 2.45) is 5.92 Å². The van der Waals surface area contributed by atoms with Crippen molar-refractivity contribution in [2.75, 3.05) is 19.0 Å². The number of aliphatic hydroxyl groups is 1. The van der Waals surface area contributed by atoms with Crippen LogP contribution in [0.4, 0.5) is 8.78 Å². The molecule has 0 bridgehead atoms. The minimum atomic E-state index is -3.35. The fourth-order valence-corrected chi connectivity index (χ4v) is 5.56. The van der Waals surface area contributed by atoms with Crippen molar-refractivity contribution in [3.63, 3.8) is 0 Å². The van der Waals surface area contributed by atoms with E-state index in [1.807, 2.05) is 11.5 Å². The van der Waals surface area contributed by atoms with Crippen LogP contribution in [0.3, 0.4) is 0 Å². The number of hydrogen-bond acceptors (Lipinski definition) is 6. The highest BCUT2D eigenvalue weighted by molar-refractivity contribution is 7.91. The molecule has 11 heteroatoms. The number of imidazole rings is 1. The molecule has 1 aliphatic carbocycles. The summed E-state index contributed by atoms with van der Waals surface area (Å²) < 4.78 is 58.8. The van der Waals surface area contributed by atoms with Crippen molar-refractivity contribution in [1.82, 2.24) is 14.9 Å². The second-order valence-corrected chi connectivity index (χ2v) is 11.9. The number of benzene rings is 2. The first-order valence-corrected chi connectivity index (χ1v) is 14.5. The molecule has 0 aliphatic heterocycles. The molecule has 0 radical (unpaired) electrons. The lowest BCUT2D eigenvalue weighted by molar-refractivity contribution is -0.0502. The van der Waals surface area contributed by atoms with Gasteiger partial charge in [-0.15, -0.1) is 0 Å². The van der Waals surface area contributed by atoms with Crippen molar-refractivity contribution in [1.29, 1.82) is 0 Å². The van der Waals surface area contributed by atoms with Crippen molar-refractivity contribution < 1.29 is 31.8 Å². The molecule has 0 spiro atoms. The quantitative estimate of drug-likeness (QED) is 0.385. The summed E-state index contributed by atoms with van der Waals surface area (Å²) in [5, 5.41) is 12.7. The average molecular weight is 550 g/mol. The van der Waals surface area contributed by atoms with Gasteiger partial charge in [0, 0.05) is 24.9 Å². The Balaban J connectivity index is 1.47. The molecule has 206 valence electrons. The van der Waals surface area contributed by atoms with Gasteiger partial charge in [-0.25, -0.2) is 17.2 Å². The van der Waals surface area contributed by atoms with Gasteiger partial charge in [0.15, 0.2) is 9.84 Å². The van der Waals surface area contributed by atoms with Gasteiger partial charge in [0.25, 0.3) is 11.9 Å². The highest BCUT2D eigenvalue weighted by Gasteiger charge is 2.35. The Labute approximate surface area is 220 Å². The number of alkyl halides is 2. The van der Waals surface area contributed by atoms with Gasteiger partial charge in [0.05, 0.1) is 40.9 Å². The molecule has 3 aromatic rings. The van der Waals surface area contributed by atoms with Crippen molar-refractivity contribution in [3.05, 3.63) is 53.6 Å². The first kappa shape index (κ1) is 28.0. The number of nitrogens with zero attached hydrogens (tertiary/aromatic N) is 2. The predicted molar refractivity (Wildman–Crippen MR) is 139 cm³/mol. The minimum Gasteiger partial charge on any atom is -0.464 e. The van der Waals surface area contributed by atoms with Crippen LogP contribution in [0.25, 0.3) is 11.0 Å². The Morgan fingerprint density at radius 3 is 2.47 bits per heavy atom. The lowest BCUT2D eigenvalue weighted by atomic mass is 9.87. The number of aliphatic hydroxyl groups excluding tert-OH is 1. The summed E-state index contributed by atoms with van der Waals surface area (Å²) in [4.78, 5) is 17.7. The topological polar surface area (TPSA) is 111 Å². The lowest BCUT2D eigenvalue weighted by Gasteiger charge is -2.27. The van der Waals surface area contributed by atoms with Crippen LogP contribution in [0, 0.1) is 5.92 Å². The monoisotopic (exact) mass is 549 g/mol. The molecule has 8 nitrogen and oxygen atoms in total. The molecule has 1 heterocycles. The average Bonchev–Trinajstić information content (AvgIpc) is 3.27. The third-order valence-corrected chi connectivity index (χ3v) is 8.84. The molecule has 1 aliphatic rings. The number of ether oxygens (including phenoxy) is 1. The number of aryl methyl sites for hydroxylation is 1. The van der Waals surface area contributed by atoms with Crippen LogP contribution in [0.2, 0.25) is 0 Å². The van der Waals surface area contributed by atoms with Gasteiger partial charge in [-0.05, 0) is 61.6 Å². The molecule has 0 saturated heterocycles. The summed E-state index contributed by atoms with van der Waals surface area (Å²) in [5.74, 6) is -2.98. The number of carbonyl (C=O) groups excluding carboxylic acids is 1. The van der Waals surface area contributed by atoms with E-state index >= 15 is 0 Å². The van der Waals surface area contributed by atoms with E-state index in [4.69, 9.17) is 4.74 Å². The molecule has 0 unspecified atom stereocenters. The Morgan fingerprint density at radius 2 is 1.87 bits per heavy atom. The number of amides is 1. The molecule has 1 fully saturated rings. The van der Waals surface area contributed by atoms with E-state index in [0.717, 1.165) is 5.52 Å². The summed E-state index contributed by atoms with van der Waals surface area (Å²) >= 11 is 0. The second kappa shape index (κ2) is 11.4. The summed E-state index contributed by atoms with van der Waals surface area (Å²) in [6.45, 7) is 4.03. The standard InChI is InChI=1S/C27H33F2N3O5S/c1-3-32-24-10-7-20(15-22(24)31-26(32)37-17-18-11-13-27(28,29)14-12-18)25(34)30-23(16-33)19-5-8-21(9-6-19)38(35,36)4-2/h5-10,15,18,23,33H,3-4,11-14,16-17H2,1-2H3,(H,30,34)/t23-/m0/s1. The first-order chi connectivity index (χ1) is 18.1. The zero-order valence-corrected chi connectivity index (χ0v) is 22.3. The van der Waals surface area contributed by atoms with E-state index in [1.54, 1.807) is 37.3 Å². The van der Waals surface area contributed by atoms with Crippen molar-refractivity contribution in [3.8, 4) is 6.01 Å². The van der Waals surface area contributed by atoms with Gasteiger partial charge in [-0.1, -0.05) is 19.1 Å². The van der Waals surface area contributed by atoms with Gasteiger partial charge in [0.1, 0.15) is 0 Å². The number of fused-ring (bicyclic) bond motifs is 1. The van der Waals surface area contributed by atoms with E-state index in [2.05, 4.69) is 10.3 Å². The van der Waals surface area contributed by atoms with E-state index in [0.29, 0.717) is 48.6 Å². The predicted octanol–water partition coefficient (Wildman–Crippen LogP) is 4.52. The van der Waals surface area contributed by atoms with E-state index in [9.17, 15) is 27.1 Å². The number of halogens is 2. The molecule has 2 aromatic carbocycles. The number of hydrogen-bond donors (Lipinski definition) is 2. The van der Waals surface area contributed by atoms with Gasteiger partial charge >= 0.3 is 0 Å². The van der Waals surface area contributed by atoms with E-state index < -0.39 is 27.7 Å². The maximum atomic E-state index is 13.4. The van der Waals surface area contributed by atoms with Gasteiger partial charge in [-0.3, -0.25) is 9.36 Å². The van der Waals surface area contributed by atoms with Crippen molar-refractivity contribution in [2.45, 2.75) is 62.9 Å². The molecule has 1 atom stereocenters.